The highest BCUT2D eigenvalue weighted by Crippen LogP contribution is 2.23. The average Bonchev–Trinajstić information content (AvgIpc) is 2.91. The van der Waals surface area contributed by atoms with Gasteiger partial charge in [0.1, 0.15) is 12.0 Å². The molecule has 1 heterocycles. The normalized spacial score (nSPS) is 10.4. The molecule has 1 N–H and O–H groups in total. The number of rotatable bonds is 6. The molecule has 1 aromatic heterocycles. The quantitative estimate of drug-likeness (QED) is 0.632. The van der Waals surface area contributed by atoms with Gasteiger partial charge in [0, 0.05) is 36.9 Å². The number of nitro groups is 1. The van der Waals surface area contributed by atoms with Gasteiger partial charge in [-0.25, -0.2) is 0 Å². The Labute approximate surface area is 109 Å². The minimum atomic E-state index is -0.430. The van der Waals surface area contributed by atoms with Crippen molar-refractivity contribution in [1.82, 2.24) is 10.5 Å². The van der Waals surface area contributed by atoms with Crippen LogP contribution in [0.2, 0.25) is 0 Å². The van der Waals surface area contributed by atoms with Gasteiger partial charge in [0.2, 0.25) is 0 Å². The van der Waals surface area contributed by atoms with E-state index in [1.807, 2.05) is 0 Å². The minimum absolute atomic E-state index is 0.0408. The highest BCUT2D eigenvalue weighted by molar-refractivity contribution is 5.43. The van der Waals surface area contributed by atoms with Gasteiger partial charge in [-0.05, 0) is 6.07 Å². The van der Waals surface area contributed by atoms with E-state index in [0.717, 1.165) is 11.3 Å². The molecular formula is C12H13N3O4. The number of ether oxygens (including phenoxy) is 1. The Morgan fingerprint density at radius 1 is 1.42 bits per heavy atom. The Morgan fingerprint density at radius 2 is 2.26 bits per heavy atom. The lowest BCUT2D eigenvalue weighted by Crippen LogP contribution is -2.13. The van der Waals surface area contributed by atoms with Crippen molar-refractivity contribution in [2.75, 3.05) is 7.11 Å². The first-order chi connectivity index (χ1) is 9.20. The van der Waals surface area contributed by atoms with Gasteiger partial charge in [-0.3, -0.25) is 10.1 Å². The summed E-state index contributed by atoms with van der Waals surface area (Å²) in [6.45, 7) is 0.958. The number of nitrogens with zero attached hydrogens (tertiary/aromatic N) is 2. The number of nitro benzene ring substituents is 1. The maximum atomic E-state index is 10.7. The summed E-state index contributed by atoms with van der Waals surface area (Å²) in [6.07, 6.45) is 1.49. The van der Waals surface area contributed by atoms with Crippen molar-refractivity contribution in [3.63, 3.8) is 0 Å². The van der Waals surface area contributed by atoms with Crippen LogP contribution in [0.25, 0.3) is 0 Å². The molecule has 1 aromatic carbocycles. The molecule has 19 heavy (non-hydrogen) atoms. The highest BCUT2D eigenvalue weighted by atomic mass is 16.6. The van der Waals surface area contributed by atoms with Gasteiger partial charge >= 0.3 is 0 Å². The molecule has 2 rings (SSSR count). The lowest BCUT2D eigenvalue weighted by Gasteiger charge is -2.08. The molecule has 7 nitrogen and oxygen atoms in total. The summed E-state index contributed by atoms with van der Waals surface area (Å²) in [5.74, 6) is 0.609. The summed E-state index contributed by atoms with van der Waals surface area (Å²) in [6, 6.07) is 6.25. The van der Waals surface area contributed by atoms with Gasteiger partial charge in [0.05, 0.1) is 17.7 Å². The largest absolute Gasteiger partial charge is 0.496 e. The van der Waals surface area contributed by atoms with E-state index in [0.29, 0.717) is 18.8 Å². The summed E-state index contributed by atoms with van der Waals surface area (Å²) in [4.78, 5) is 10.3. The molecule has 2 aromatic rings. The molecule has 0 fully saturated rings. The van der Waals surface area contributed by atoms with Crippen LogP contribution in [0.4, 0.5) is 5.69 Å². The third-order valence-corrected chi connectivity index (χ3v) is 2.59. The second-order valence-corrected chi connectivity index (χ2v) is 3.85. The van der Waals surface area contributed by atoms with Crippen molar-refractivity contribution in [3.8, 4) is 5.75 Å². The number of hydrogen-bond donors (Lipinski definition) is 1. The first kappa shape index (κ1) is 13.0. The predicted octanol–water partition coefficient (Wildman–Crippen LogP) is 1.88. The van der Waals surface area contributed by atoms with E-state index >= 15 is 0 Å². The van der Waals surface area contributed by atoms with Crippen molar-refractivity contribution in [3.05, 3.63) is 51.9 Å². The van der Waals surface area contributed by atoms with Crippen LogP contribution in [-0.4, -0.2) is 17.2 Å². The monoisotopic (exact) mass is 263 g/mol. The fourth-order valence-corrected chi connectivity index (χ4v) is 1.67. The second-order valence-electron chi connectivity index (χ2n) is 3.85. The predicted molar refractivity (Wildman–Crippen MR) is 66.7 cm³/mol. The van der Waals surface area contributed by atoms with Gasteiger partial charge in [-0.1, -0.05) is 5.16 Å². The Hall–Kier alpha value is -2.41. The van der Waals surface area contributed by atoms with E-state index in [1.54, 1.807) is 12.1 Å². The van der Waals surface area contributed by atoms with E-state index in [9.17, 15) is 10.1 Å². The molecule has 0 radical (unpaired) electrons. The Bertz CT molecular complexity index is 554. The fraction of sp³-hybridized carbons (Fsp3) is 0.250. The van der Waals surface area contributed by atoms with Crippen LogP contribution in [0.1, 0.15) is 11.3 Å². The van der Waals surface area contributed by atoms with Crippen LogP contribution in [0.15, 0.2) is 35.1 Å². The Balaban J connectivity index is 2.04. The lowest BCUT2D eigenvalue weighted by molar-refractivity contribution is -0.384. The van der Waals surface area contributed by atoms with E-state index in [1.165, 1.54) is 25.5 Å². The molecule has 0 aliphatic carbocycles. The molecule has 7 heteroatoms. The van der Waals surface area contributed by atoms with Crippen molar-refractivity contribution >= 4 is 5.69 Å². The van der Waals surface area contributed by atoms with Gasteiger partial charge in [0.25, 0.3) is 5.69 Å². The third-order valence-electron chi connectivity index (χ3n) is 2.59. The maximum absolute atomic E-state index is 10.7. The first-order valence-electron chi connectivity index (χ1n) is 5.62. The summed E-state index contributed by atoms with van der Waals surface area (Å²) in [5, 5.41) is 17.6. The van der Waals surface area contributed by atoms with Crippen molar-refractivity contribution in [2.45, 2.75) is 13.1 Å². The van der Waals surface area contributed by atoms with Crippen LogP contribution in [0.5, 0.6) is 5.75 Å². The van der Waals surface area contributed by atoms with Crippen molar-refractivity contribution < 1.29 is 14.2 Å². The van der Waals surface area contributed by atoms with E-state index in [2.05, 4.69) is 10.5 Å². The van der Waals surface area contributed by atoms with Crippen LogP contribution >= 0.6 is 0 Å². The number of methoxy groups -OCH3 is 1. The van der Waals surface area contributed by atoms with Gasteiger partial charge < -0.3 is 14.6 Å². The zero-order valence-electron chi connectivity index (χ0n) is 10.3. The van der Waals surface area contributed by atoms with Crippen LogP contribution < -0.4 is 10.1 Å². The maximum Gasteiger partial charge on any atom is 0.270 e. The smallest absolute Gasteiger partial charge is 0.270 e. The van der Waals surface area contributed by atoms with Crippen LogP contribution in [0, 0.1) is 10.1 Å². The molecule has 100 valence electrons. The SMILES string of the molecule is COc1ccc([N+](=O)[O-])cc1CNCc1ccon1. The molecule has 0 aliphatic rings. The van der Waals surface area contributed by atoms with Gasteiger partial charge in [0.15, 0.2) is 0 Å². The topological polar surface area (TPSA) is 90.4 Å². The average molecular weight is 263 g/mol. The van der Waals surface area contributed by atoms with Crippen LogP contribution in [-0.2, 0) is 13.1 Å². The van der Waals surface area contributed by atoms with Crippen LogP contribution in [0.3, 0.4) is 0 Å². The second kappa shape index (κ2) is 5.96. The molecule has 0 amide bonds. The number of benzene rings is 1. The zero-order valence-corrected chi connectivity index (χ0v) is 10.3. The Kier molecular flexibility index (Phi) is 4.09. The van der Waals surface area contributed by atoms with Gasteiger partial charge in [-0.2, -0.15) is 0 Å². The zero-order chi connectivity index (χ0) is 13.7. The number of hydrogen-bond acceptors (Lipinski definition) is 6. The molecule has 0 bridgehead atoms. The van der Waals surface area contributed by atoms with E-state index in [4.69, 9.17) is 9.26 Å². The number of aromatic nitrogens is 1. The highest BCUT2D eigenvalue weighted by Gasteiger charge is 2.11. The molecule has 0 saturated carbocycles. The third kappa shape index (κ3) is 3.29. The lowest BCUT2D eigenvalue weighted by atomic mass is 10.1. The number of non-ortho nitro benzene ring substituents is 1. The number of nitrogens with one attached hydrogen (secondary N) is 1. The molecule has 0 unspecified atom stereocenters. The van der Waals surface area contributed by atoms with Gasteiger partial charge in [-0.15, -0.1) is 0 Å². The van der Waals surface area contributed by atoms with E-state index in [-0.39, 0.29) is 5.69 Å². The fourth-order valence-electron chi connectivity index (χ4n) is 1.67. The molecule has 0 aliphatic heterocycles. The standard InChI is InChI=1S/C12H13N3O4/c1-18-12-3-2-11(15(16)17)6-9(12)7-13-8-10-4-5-19-14-10/h2-6,13H,7-8H2,1H3. The van der Waals surface area contributed by atoms with Crippen molar-refractivity contribution in [2.24, 2.45) is 0 Å². The molecule has 0 spiro atoms. The summed E-state index contributed by atoms with van der Waals surface area (Å²) in [5.41, 5.74) is 1.53. The summed E-state index contributed by atoms with van der Waals surface area (Å²) in [7, 11) is 1.53. The van der Waals surface area contributed by atoms with E-state index < -0.39 is 4.92 Å². The Morgan fingerprint density at radius 3 is 2.89 bits per heavy atom. The van der Waals surface area contributed by atoms with Crippen molar-refractivity contribution in [1.29, 1.82) is 0 Å². The minimum Gasteiger partial charge on any atom is -0.496 e. The first-order valence-corrected chi connectivity index (χ1v) is 5.62. The molecular weight excluding hydrogens is 250 g/mol. The molecule has 0 saturated heterocycles. The summed E-state index contributed by atoms with van der Waals surface area (Å²) >= 11 is 0. The summed E-state index contributed by atoms with van der Waals surface area (Å²) < 4.78 is 9.88. The molecule has 0 atom stereocenters.